The highest BCUT2D eigenvalue weighted by Gasteiger charge is 2.26. The van der Waals surface area contributed by atoms with Crippen molar-refractivity contribution < 1.29 is 19.0 Å². The van der Waals surface area contributed by atoms with E-state index in [0.29, 0.717) is 25.7 Å². The molecule has 2 heterocycles. The van der Waals surface area contributed by atoms with Crippen LogP contribution in [0.2, 0.25) is 0 Å². The van der Waals surface area contributed by atoms with E-state index in [1.165, 1.54) is 0 Å². The van der Waals surface area contributed by atoms with E-state index in [1.54, 1.807) is 0 Å². The maximum Gasteiger partial charge on any atom is 0.410 e. The van der Waals surface area contributed by atoms with Crippen LogP contribution >= 0.6 is 0 Å². The van der Waals surface area contributed by atoms with Gasteiger partial charge in [-0.2, -0.15) is 0 Å². The lowest BCUT2D eigenvalue weighted by molar-refractivity contribution is -0.0866. The fraction of sp³-hybridized carbons (Fsp3) is 0.938. The maximum absolute atomic E-state index is 12.0. The highest BCUT2D eigenvalue weighted by atomic mass is 16.6. The number of carbonyl (C=O) groups excluding carboxylic acids is 1. The van der Waals surface area contributed by atoms with Gasteiger partial charge >= 0.3 is 6.09 Å². The Morgan fingerprint density at radius 2 is 1.95 bits per heavy atom. The van der Waals surface area contributed by atoms with Crippen molar-refractivity contribution >= 4 is 6.09 Å². The summed E-state index contributed by atoms with van der Waals surface area (Å²) in [7, 11) is 0. The number of hydrogen-bond donors (Lipinski definition) is 1. The van der Waals surface area contributed by atoms with Crippen LogP contribution in [0.5, 0.6) is 0 Å². The molecule has 0 saturated carbocycles. The first-order valence-electron chi connectivity index (χ1n) is 8.32. The van der Waals surface area contributed by atoms with Crippen molar-refractivity contribution in [2.24, 2.45) is 5.92 Å². The fourth-order valence-electron chi connectivity index (χ4n) is 2.75. The van der Waals surface area contributed by atoms with Crippen molar-refractivity contribution in [2.45, 2.75) is 45.3 Å². The van der Waals surface area contributed by atoms with E-state index in [0.717, 1.165) is 39.0 Å². The minimum absolute atomic E-state index is 0.176. The molecule has 2 rings (SSSR count). The van der Waals surface area contributed by atoms with Gasteiger partial charge in [-0.1, -0.05) is 0 Å². The number of likely N-dealkylation sites (tertiary alicyclic amines) is 1. The topological polar surface area (TPSA) is 60.0 Å². The van der Waals surface area contributed by atoms with Crippen molar-refractivity contribution in [1.29, 1.82) is 0 Å². The minimum atomic E-state index is -0.419. The zero-order chi connectivity index (χ0) is 16.0. The van der Waals surface area contributed by atoms with Gasteiger partial charge in [0.1, 0.15) is 5.60 Å². The monoisotopic (exact) mass is 314 g/mol. The molecule has 1 atom stereocenters. The summed E-state index contributed by atoms with van der Waals surface area (Å²) >= 11 is 0. The Hall–Kier alpha value is -0.850. The summed E-state index contributed by atoms with van der Waals surface area (Å²) in [5, 5.41) is 3.47. The van der Waals surface area contributed by atoms with Crippen molar-refractivity contribution in [3.63, 3.8) is 0 Å². The van der Waals surface area contributed by atoms with Crippen LogP contribution < -0.4 is 5.32 Å². The van der Waals surface area contributed by atoms with Gasteiger partial charge in [0.05, 0.1) is 25.9 Å². The van der Waals surface area contributed by atoms with E-state index in [1.807, 2.05) is 25.7 Å². The van der Waals surface area contributed by atoms with E-state index < -0.39 is 5.60 Å². The normalized spacial score (nSPS) is 24.3. The van der Waals surface area contributed by atoms with Crippen LogP contribution in [0.1, 0.15) is 33.6 Å². The molecule has 6 nitrogen and oxygen atoms in total. The van der Waals surface area contributed by atoms with Crippen LogP contribution in [-0.2, 0) is 14.2 Å². The van der Waals surface area contributed by atoms with Gasteiger partial charge in [0.2, 0.25) is 0 Å². The molecule has 0 bridgehead atoms. The number of ether oxygens (including phenoxy) is 3. The Labute approximate surface area is 133 Å². The Kier molecular flexibility index (Phi) is 6.47. The highest BCUT2D eigenvalue weighted by Crippen LogP contribution is 2.19. The second kappa shape index (κ2) is 8.13. The highest BCUT2D eigenvalue weighted by molar-refractivity contribution is 5.68. The van der Waals surface area contributed by atoms with Crippen molar-refractivity contribution in [3.05, 3.63) is 0 Å². The molecule has 2 saturated heterocycles. The zero-order valence-electron chi connectivity index (χ0n) is 14.1. The van der Waals surface area contributed by atoms with Gasteiger partial charge < -0.3 is 24.4 Å². The average Bonchev–Trinajstić information content (AvgIpc) is 2.47. The molecule has 2 aliphatic rings. The molecule has 1 N–H and O–H groups in total. The van der Waals surface area contributed by atoms with Crippen molar-refractivity contribution in [1.82, 2.24) is 10.2 Å². The van der Waals surface area contributed by atoms with Gasteiger partial charge in [0, 0.05) is 19.6 Å². The number of hydrogen-bond acceptors (Lipinski definition) is 5. The third-order valence-electron chi connectivity index (χ3n) is 3.96. The third kappa shape index (κ3) is 6.10. The van der Waals surface area contributed by atoms with Crippen molar-refractivity contribution in [3.8, 4) is 0 Å². The van der Waals surface area contributed by atoms with E-state index in [4.69, 9.17) is 14.2 Å². The first kappa shape index (κ1) is 17.5. The van der Waals surface area contributed by atoms with Crippen LogP contribution in [0.4, 0.5) is 4.79 Å². The van der Waals surface area contributed by atoms with Crippen LogP contribution in [0.3, 0.4) is 0 Å². The lowest BCUT2D eigenvalue weighted by Crippen LogP contribution is -2.44. The molecule has 0 spiro atoms. The quantitative estimate of drug-likeness (QED) is 0.855. The van der Waals surface area contributed by atoms with Crippen LogP contribution in [0, 0.1) is 5.92 Å². The van der Waals surface area contributed by atoms with Gasteiger partial charge in [-0.25, -0.2) is 4.79 Å². The van der Waals surface area contributed by atoms with Gasteiger partial charge in [-0.3, -0.25) is 0 Å². The van der Waals surface area contributed by atoms with Gasteiger partial charge in [0.15, 0.2) is 0 Å². The van der Waals surface area contributed by atoms with Gasteiger partial charge in [-0.15, -0.1) is 0 Å². The predicted octanol–water partition coefficient (Wildman–Crippen LogP) is 1.64. The summed E-state index contributed by atoms with van der Waals surface area (Å²) in [5.41, 5.74) is -0.419. The lowest BCUT2D eigenvalue weighted by Gasteiger charge is -2.33. The molecule has 22 heavy (non-hydrogen) atoms. The van der Waals surface area contributed by atoms with E-state index in [9.17, 15) is 4.79 Å². The number of carbonyl (C=O) groups is 1. The first-order valence-corrected chi connectivity index (χ1v) is 8.32. The molecule has 0 aromatic heterocycles. The summed E-state index contributed by atoms with van der Waals surface area (Å²) in [4.78, 5) is 13.8. The maximum atomic E-state index is 12.0. The molecular formula is C16H30N2O4. The number of nitrogens with one attached hydrogen (secondary N) is 1. The Balaban J connectivity index is 1.59. The summed E-state index contributed by atoms with van der Waals surface area (Å²) in [6, 6.07) is 0. The minimum Gasteiger partial charge on any atom is -0.444 e. The molecule has 6 heteroatoms. The Morgan fingerprint density at radius 3 is 2.55 bits per heavy atom. The summed E-state index contributed by atoms with van der Waals surface area (Å²) in [6.07, 6.45) is 2.03. The molecule has 0 aromatic rings. The van der Waals surface area contributed by atoms with Crippen LogP contribution in [0.15, 0.2) is 0 Å². The van der Waals surface area contributed by atoms with E-state index in [-0.39, 0.29) is 12.2 Å². The second-order valence-corrected chi connectivity index (χ2v) is 7.14. The van der Waals surface area contributed by atoms with Crippen LogP contribution in [-0.4, -0.2) is 68.7 Å². The molecule has 0 aliphatic carbocycles. The standard InChI is InChI=1S/C16H30N2O4/c1-16(2,3)22-15(19)18-6-4-13(5-7-18)10-17-11-14-12-20-8-9-21-14/h13-14,17H,4-12H2,1-3H3. The van der Waals surface area contributed by atoms with E-state index >= 15 is 0 Å². The third-order valence-corrected chi connectivity index (χ3v) is 3.96. The predicted molar refractivity (Wildman–Crippen MR) is 84.0 cm³/mol. The largest absolute Gasteiger partial charge is 0.444 e. The first-order chi connectivity index (χ1) is 10.4. The summed E-state index contributed by atoms with van der Waals surface area (Å²) in [5.74, 6) is 0.614. The Morgan fingerprint density at radius 1 is 1.23 bits per heavy atom. The molecule has 2 fully saturated rings. The average molecular weight is 314 g/mol. The molecule has 2 aliphatic heterocycles. The van der Waals surface area contributed by atoms with E-state index in [2.05, 4.69) is 5.32 Å². The van der Waals surface area contributed by atoms with Crippen LogP contribution in [0.25, 0.3) is 0 Å². The smallest absolute Gasteiger partial charge is 0.410 e. The zero-order valence-corrected chi connectivity index (χ0v) is 14.1. The van der Waals surface area contributed by atoms with Gasteiger partial charge in [-0.05, 0) is 46.1 Å². The number of nitrogens with zero attached hydrogens (tertiary/aromatic N) is 1. The Bertz CT molecular complexity index is 343. The number of rotatable bonds is 4. The molecule has 1 amide bonds. The molecular weight excluding hydrogens is 284 g/mol. The summed E-state index contributed by atoms with van der Waals surface area (Å²) < 4.78 is 16.4. The lowest BCUT2D eigenvalue weighted by atomic mass is 9.97. The number of piperidine rings is 1. The second-order valence-electron chi connectivity index (χ2n) is 7.14. The fourth-order valence-corrected chi connectivity index (χ4v) is 2.75. The molecule has 1 unspecified atom stereocenters. The summed E-state index contributed by atoms with van der Waals surface area (Å²) in [6.45, 7) is 11.2. The SMILES string of the molecule is CC(C)(C)OC(=O)N1CCC(CNCC2COCCO2)CC1. The molecule has 0 aromatic carbocycles. The van der Waals surface area contributed by atoms with Gasteiger partial charge in [0.25, 0.3) is 0 Å². The molecule has 0 radical (unpaired) electrons. The number of amides is 1. The van der Waals surface area contributed by atoms with Crippen molar-refractivity contribution in [2.75, 3.05) is 46.0 Å². The molecule has 128 valence electrons.